The Morgan fingerprint density at radius 3 is 3.07 bits per heavy atom. The van der Waals surface area contributed by atoms with Gasteiger partial charge in [-0.1, -0.05) is 11.5 Å². The third-order valence-electron chi connectivity index (χ3n) is 1.39. The number of hydrazone groups is 1. The second kappa shape index (κ2) is 5.37. The summed E-state index contributed by atoms with van der Waals surface area (Å²) < 4.78 is 0. The van der Waals surface area contributed by atoms with Crippen molar-refractivity contribution in [1.82, 2.24) is 15.8 Å². The first-order valence-corrected chi connectivity index (χ1v) is 4.05. The van der Waals surface area contributed by atoms with E-state index in [1.54, 1.807) is 23.8 Å². The highest BCUT2D eigenvalue weighted by atomic mass is 16.7. The van der Waals surface area contributed by atoms with E-state index in [-0.39, 0.29) is 5.96 Å². The van der Waals surface area contributed by atoms with Crippen molar-refractivity contribution >= 4 is 5.96 Å². The number of nitrogens with two attached hydrogens (primary N) is 1. The predicted octanol–water partition coefficient (Wildman–Crippen LogP) is -0.818. The topological polar surface area (TPSA) is 118 Å². The van der Waals surface area contributed by atoms with Gasteiger partial charge in [-0.05, 0) is 12.1 Å². The van der Waals surface area contributed by atoms with E-state index < -0.39 is 5.03 Å². The lowest BCUT2D eigenvalue weighted by Gasteiger charge is -2.00. The zero-order valence-corrected chi connectivity index (χ0v) is 7.75. The van der Waals surface area contributed by atoms with Gasteiger partial charge in [0.2, 0.25) is 0 Å². The minimum Gasteiger partial charge on any atom is -0.364 e. The zero-order chi connectivity index (χ0) is 11.1. The van der Waals surface area contributed by atoms with Crippen molar-refractivity contribution in [3.63, 3.8) is 0 Å². The lowest BCUT2D eigenvalue weighted by atomic mass is 10.4. The average molecular weight is 210 g/mol. The summed E-state index contributed by atoms with van der Waals surface area (Å²) in [5.41, 5.74) is 10.1. The van der Waals surface area contributed by atoms with E-state index in [9.17, 15) is 10.1 Å². The SMILES string of the molecule is N/C(=N\NCc1ccccn1)N[N+](=O)[O-]. The third kappa shape index (κ3) is 4.41. The van der Waals surface area contributed by atoms with Crippen molar-refractivity contribution in [2.24, 2.45) is 10.8 Å². The Kier molecular flexibility index (Phi) is 3.83. The Balaban J connectivity index is 2.35. The summed E-state index contributed by atoms with van der Waals surface area (Å²) in [4.78, 5) is 13.9. The summed E-state index contributed by atoms with van der Waals surface area (Å²) in [7, 11) is 0. The number of nitro groups is 1. The molecule has 0 aliphatic carbocycles. The second-order valence-electron chi connectivity index (χ2n) is 2.52. The summed E-state index contributed by atoms with van der Waals surface area (Å²) in [6.45, 7) is 0.348. The van der Waals surface area contributed by atoms with Gasteiger partial charge in [0.05, 0.1) is 12.2 Å². The minimum atomic E-state index is -0.790. The van der Waals surface area contributed by atoms with E-state index in [1.807, 2.05) is 6.07 Å². The quantitative estimate of drug-likeness (QED) is 0.258. The number of nitrogens with zero attached hydrogens (tertiary/aromatic N) is 3. The Bertz CT molecular complexity index is 352. The normalized spacial score (nSPS) is 10.8. The number of hydrogen-bond acceptors (Lipinski definition) is 5. The first kappa shape index (κ1) is 10.7. The van der Waals surface area contributed by atoms with E-state index in [0.717, 1.165) is 5.69 Å². The molecule has 0 aromatic carbocycles. The van der Waals surface area contributed by atoms with Crippen LogP contribution in [0.5, 0.6) is 0 Å². The lowest BCUT2D eigenvalue weighted by Crippen LogP contribution is -2.37. The van der Waals surface area contributed by atoms with Crippen LogP contribution in [-0.2, 0) is 6.54 Å². The molecule has 0 saturated heterocycles. The van der Waals surface area contributed by atoms with Gasteiger partial charge < -0.3 is 11.2 Å². The van der Waals surface area contributed by atoms with E-state index in [4.69, 9.17) is 5.73 Å². The molecule has 0 aliphatic heterocycles. The van der Waals surface area contributed by atoms with Crippen LogP contribution in [0, 0.1) is 10.1 Å². The molecule has 8 nitrogen and oxygen atoms in total. The van der Waals surface area contributed by atoms with Gasteiger partial charge in [-0.3, -0.25) is 4.98 Å². The van der Waals surface area contributed by atoms with Crippen LogP contribution >= 0.6 is 0 Å². The first-order valence-electron chi connectivity index (χ1n) is 4.05. The summed E-state index contributed by atoms with van der Waals surface area (Å²) in [6.07, 6.45) is 1.64. The molecule has 0 unspecified atom stereocenters. The lowest BCUT2D eigenvalue weighted by molar-refractivity contribution is -0.525. The molecule has 1 aromatic rings. The van der Waals surface area contributed by atoms with E-state index in [2.05, 4.69) is 15.5 Å². The molecule has 0 aliphatic rings. The highest BCUT2D eigenvalue weighted by molar-refractivity contribution is 5.76. The van der Waals surface area contributed by atoms with Crippen LogP contribution in [0.3, 0.4) is 0 Å². The molecule has 4 N–H and O–H groups in total. The fourth-order valence-electron chi connectivity index (χ4n) is 0.827. The fourth-order valence-corrected chi connectivity index (χ4v) is 0.827. The van der Waals surface area contributed by atoms with Crippen molar-refractivity contribution in [1.29, 1.82) is 0 Å². The van der Waals surface area contributed by atoms with Crippen LogP contribution in [0.15, 0.2) is 29.5 Å². The molecule has 0 saturated carbocycles. The molecule has 1 aromatic heterocycles. The van der Waals surface area contributed by atoms with Crippen molar-refractivity contribution in [3.8, 4) is 0 Å². The van der Waals surface area contributed by atoms with Gasteiger partial charge in [0.25, 0.3) is 5.96 Å². The number of hydrazine groups is 1. The zero-order valence-electron chi connectivity index (χ0n) is 7.75. The van der Waals surface area contributed by atoms with Gasteiger partial charge in [-0.25, -0.2) is 10.1 Å². The van der Waals surface area contributed by atoms with Crippen molar-refractivity contribution in [3.05, 3.63) is 40.2 Å². The average Bonchev–Trinajstić information content (AvgIpc) is 2.18. The highest BCUT2D eigenvalue weighted by Gasteiger charge is 1.97. The molecule has 0 bridgehead atoms. The highest BCUT2D eigenvalue weighted by Crippen LogP contribution is 1.91. The Morgan fingerprint density at radius 1 is 1.67 bits per heavy atom. The number of aromatic nitrogens is 1. The van der Waals surface area contributed by atoms with Crippen LogP contribution < -0.4 is 16.6 Å². The molecule has 0 amide bonds. The number of rotatable bonds is 4. The van der Waals surface area contributed by atoms with Crippen LogP contribution in [-0.4, -0.2) is 16.0 Å². The molecule has 0 spiro atoms. The number of pyridine rings is 1. The monoisotopic (exact) mass is 210 g/mol. The van der Waals surface area contributed by atoms with Crippen LogP contribution in [0.1, 0.15) is 5.69 Å². The van der Waals surface area contributed by atoms with E-state index in [0.29, 0.717) is 6.54 Å². The second-order valence-corrected chi connectivity index (χ2v) is 2.52. The maximum absolute atomic E-state index is 9.94. The first-order chi connectivity index (χ1) is 7.18. The van der Waals surface area contributed by atoms with Crippen LogP contribution in [0.2, 0.25) is 0 Å². The smallest absolute Gasteiger partial charge is 0.272 e. The van der Waals surface area contributed by atoms with Gasteiger partial charge in [-0.15, -0.1) is 5.10 Å². The molecule has 15 heavy (non-hydrogen) atoms. The van der Waals surface area contributed by atoms with Gasteiger partial charge in [0.15, 0.2) is 5.03 Å². The summed E-state index contributed by atoms with van der Waals surface area (Å²) in [6, 6.07) is 5.40. The molecular formula is C7H10N6O2. The Morgan fingerprint density at radius 2 is 2.47 bits per heavy atom. The molecule has 0 fully saturated rings. The number of hydrogen-bond donors (Lipinski definition) is 3. The van der Waals surface area contributed by atoms with Gasteiger partial charge in [0, 0.05) is 6.20 Å². The minimum absolute atomic E-state index is 0.309. The predicted molar refractivity (Wildman–Crippen MR) is 52.8 cm³/mol. The maximum Gasteiger partial charge on any atom is 0.272 e. The Hall–Kier alpha value is -2.38. The van der Waals surface area contributed by atoms with E-state index in [1.165, 1.54) is 0 Å². The van der Waals surface area contributed by atoms with Crippen molar-refractivity contribution in [2.75, 3.05) is 0 Å². The third-order valence-corrected chi connectivity index (χ3v) is 1.39. The molecule has 80 valence electrons. The summed E-state index contributed by atoms with van der Waals surface area (Å²) >= 11 is 0. The number of guanidine groups is 1. The van der Waals surface area contributed by atoms with Gasteiger partial charge >= 0.3 is 0 Å². The van der Waals surface area contributed by atoms with Crippen molar-refractivity contribution in [2.45, 2.75) is 6.54 Å². The maximum atomic E-state index is 9.94. The summed E-state index contributed by atoms with van der Waals surface area (Å²) in [5.74, 6) is -0.309. The van der Waals surface area contributed by atoms with Crippen LogP contribution in [0.4, 0.5) is 0 Å². The van der Waals surface area contributed by atoms with Gasteiger partial charge in [-0.2, -0.15) is 0 Å². The number of nitrogens with one attached hydrogen (secondary N) is 2. The standard InChI is InChI=1S/C7H10N6O2/c8-7(12-13(14)15)11-10-5-6-3-1-2-4-9-6/h1-4,10H,5H2,(H3,8,11,12). The molecule has 1 rings (SSSR count). The molecule has 1 heterocycles. The largest absolute Gasteiger partial charge is 0.364 e. The summed E-state index contributed by atoms with van der Waals surface area (Å²) in [5, 5.41) is 12.7. The molecule has 0 atom stereocenters. The molecule has 8 heteroatoms. The van der Waals surface area contributed by atoms with E-state index >= 15 is 0 Å². The van der Waals surface area contributed by atoms with Gasteiger partial charge in [0.1, 0.15) is 0 Å². The fraction of sp³-hybridized carbons (Fsp3) is 0.143. The van der Waals surface area contributed by atoms with Crippen LogP contribution in [0.25, 0.3) is 0 Å². The molecular weight excluding hydrogens is 200 g/mol. The Labute approximate surface area is 85.3 Å². The molecule has 0 radical (unpaired) electrons. The van der Waals surface area contributed by atoms with Crippen molar-refractivity contribution < 1.29 is 5.03 Å².